The lowest BCUT2D eigenvalue weighted by Gasteiger charge is -2.44. The summed E-state index contributed by atoms with van der Waals surface area (Å²) < 4.78 is 0. The summed E-state index contributed by atoms with van der Waals surface area (Å²) in [6.45, 7) is 11.4. The molecule has 1 aliphatic heterocycles. The van der Waals surface area contributed by atoms with E-state index in [4.69, 9.17) is 0 Å². The zero-order chi connectivity index (χ0) is 14.5. The van der Waals surface area contributed by atoms with Gasteiger partial charge in [0.2, 0.25) is 0 Å². The molecule has 0 saturated carbocycles. The maximum Gasteiger partial charge on any atom is 0.0349 e. The molecule has 0 radical (unpaired) electrons. The van der Waals surface area contributed by atoms with Crippen molar-refractivity contribution in [2.75, 3.05) is 13.1 Å². The molecule has 1 aromatic carbocycles. The van der Waals surface area contributed by atoms with Gasteiger partial charge in [-0.2, -0.15) is 0 Å². The first-order chi connectivity index (χ1) is 9.69. The maximum absolute atomic E-state index is 3.70. The summed E-state index contributed by atoms with van der Waals surface area (Å²) >= 11 is 0. The third-order valence-electron chi connectivity index (χ3n) is 4.76. The van der Waals surface area contributed by atoms with Crippen LogP contribution >= 0.6 is 0 Å². The summed E-state index contributed by atoms with van der Waals surface area (Å²) in [6.07, 6.45) is 3.64. The summed E-state index contributed by atoms with van der Waals surface area (Å²) in [7, 11) is 0. The fraction of sp³-hybridized carbons (Fsp3) is 0.667. The second kappa shape index (κ2) is 7.24. The van der Waals surface area contributed by atoms with Crippen LogP contribution in [0.4, 0.5) is 0 Å². The zero-order valence-electron chi connectivity index (χ0n) is 13.5. The minimum Gasteiger partial charge on any atom is -0.311 e. The molecule has 3 atom stereocenters. The monoisotopic (exact) mass is 274 g/mol. The number of benzene rings is 1. The van der Waals surface area contributed by atoms with Gasteiger partial charge in [0.05, 0.1) is 0 Å². The van der Waals surface area contributed by atoms with Gasteiger partial charge in [0.25, 0.3) is 0 Å². The normalized spacial score (nSPS) is 25.6. The average molecular weight is 274 g/mol. The van der Waals surface area contributed by atoms with E-state index in [1.807, 2.05) is 0 Å². The lowest BCUT2D eigenvalue weighted by atomic mass is 9.96. The average Bonchev–Trinajstić information content (AvgIpc) is 2.49. The van der Waals surface area contributed by atoms with E-state index in [0.29, 0.717) is 18.1 Å². The van der Waals surface area contributed by atoms with Gasteiger partial charge in [-0.25, -0.2) is 0 Å². The van der Waals surface area contributed by atoms with Crippen molar-refractivity contribution >= 4 is 0 Å². The summed E-state index contributed by atoms with van der Waals surface area (Å²) in [6, 6.07) is 11.0. The van der Waals surface area contributed by atoms with E-state index in [0.717, 1.165) is 6.54 Å². The Morgan fingerprint density at radius 1 is 1.15 bits per heavy atom. The van der Waals surface area contributed by atoms with Crippen molar-refractivity contribution in [3.8, 4) is 0 Å². The minimum absolute atomic E-state index is 0.566. The summed E-state index contributed by atoms with van der Waals surface area (Å²) in [5, 5.41) is 3.70. The minimum atomic E-state index is 0.566. The van der Waals surface area contributed by atoms with Crippen LogP contribution in [0.1, 0.15) is 57.2 Å². The standard InChI is InChI=1S/C18H30N2/c1-5-16-13-20(17(6-2)12-19-16)18(7-3)15-10-8-14(4)9-11-15/h8-11,16-19H,5-7,12-13H2,1-4H3. The largest absolute Gasteiger partial charge is 0.311 e. The van der Waals surface area contributed by atoms with Crippen molar-refractivity contribution in [3.05, 3.63) is 35.4 Å². The molecule has 1 saturated heterocycles. The first-order valence-electron chi connectivity index (χ1n) is 8.25. The number of rotatable bonds is 5. The molecule has 1 N–H and O–H groups in total. The van der Waals surface area contributed by atoms with Crippen LogP contribution in [0, 0.1) is 6.92 Å². The van der Waals surface area contributed by atoms with Crippen molar-refractivity contribution in [2.45, 2.75) is 65.1 Å². The smallest absolute Gasteiger partial charge is 0.0349 e. The second-order valence-electron chi connectivity index (χ2n) is 6.11. The molecule has 2 heteroatoms. The molecule has 1 heterocycles. The van der Waals surface area contributed by atoms with E-state index in [1.165, 1.54) is 36.9 Å². The number of aryl methyl sites for hydroxylation is 1. The Morgan fingerprint density at radius 2 is 1.85 bits per heavy atom. The molecule has 0 bridgehead atoms. The molecule has 1 aliphatic rings. The van der Waals surface area contributed by atoms with Crippen molar-refractivity contribution in [3.63, 3.8) is 0 Å². The molecule has 20 heavy (non-hydrogen) atoms. The molecule has 2 nitrogen and oxygen atoms in total. The molecule has 1 fully saturated rings. The molecule has 3 unspecified atom stereocenters. The highest BCUT2D eigenvalue weighted by Gasteiger charge is 2.31. The Balaban J connectivity index is 2.20. The van der Waals surface area contributed by atoms with Gasteiger partial charge >= 0.3 is 0 Å². The number of hydrogen-bond donors (Lipinski definition) is 1. The quantitative estimate of drug-likeness (QED) is 0.876. The van der Waals surface area contributed by atoms with Crippen molar-refractivity contribution < 1.29 is 0 Å². The van der Waals surface area contributed by atoms with Crippen LogP contribution in [0.15, 0.2) is 24.3 Å². The Bertz CT molecular complexity index is 398. The van der Waals surface area contributed by atoms with Gasteiger partial charge in [-0.3, -0.25) is 4.90 Å². The highest BCUT2D eigenvalue weighted by molar-refractivity contribution is 5.24. The van der Waals surface area contributed by atoms with Gasteiger partial charge in [0, 0.05) is 31.2 Å². The summed E-state index contributed by atoms with van der Waals surface area (Å²) in [5.74, 6) is 0. The van der Waals surface area contributed by atoms with Crippen LogP contribution in [0.2, 0.25) is 0 Å². The predicted molar refractivity (Wildman–Crippen MR) is 87.1 cm³/mol. The predicted octanol–water partition coefficient (Wildman–Crippen LogP) is 3.91. The highest BCUT2D eigenvalue weighted by atomic mass is 15.3. The summed E-state index contributed by atoms with van der Waals surface area (Å²) in [4.78, 5) is 2.75. The molecule has 112 valence electrons. The van der Waals surface area contributed by atoms with Gasteiger partial charge in [-0.1, -0.05) is 50.6 Å². The van der Waals surface area contributed by atoms with Crippen molar-refractivity contribution in [1.82, 2.24) is 10.2 Å². The van der Waals surface area contributed by atoms with Crippen molar-refractivity contribution in [1.29, 1.82) is 0 Å². The van der Waals surface area contributed by atoms with Crippen LogP contribution in [-0.4, -0.2) is 30.1 Å². The summed E-state index contributed by atoms with van der Waals surface area (Å²) in [5.41, 5.74) is 2.83. The van der Waals surface area contributed by atoms with Gasteiger partial charge in [0.1, 0.15) is 0 Å². The molecule has 1 aromatic rings. The molecular weight excluding hydrogens is 244 g/mol. The van der Waals surface area contributed by atoms with Gasteiger partial charge in [-0.15, -0.1) is 0 Å². The Hall–Kier alpha value is -0.860. The lowest BCUT2D eigenvalue weighted by Crippen LogP contribution is -2.56. The van der Waals surface area contributed by atoms with E-state index in [-0.39, 0.29) is 0 Å². The fourth-order valence-electron chi connectivity index (χ4n) is 3.37. The third kappa shape index (κ3) is 3.42. The van der Waals surface area contributed by atoms with E-state index < -0.39 is 0 Å². The van der Waals surface area contributed by atoms with Crippen LogP contribution in [0.25, 0.3) is 0 Å². The Morgan fingerprint density at radius 3 is 2.40 bits per heavy atom. The lowest BCUT2D eigenvalue weighted by molar-refractivity contribution is 0.0748. The van der Waals surface area contributed by atoms with Gasteiger partial charge in [-0.05, 0) is 31.7 Å². The fourth-order valence-corrected chi connectivity index (χ4v) is 3.37. The molecular formula is C18H30N2. The van der Waals surface area contributed by atoms with E-state index >= 15 is 0 Å². The highest BCUT2D eigenvalue weighted by Crippen LogP contribution is 2.29. The second-order valence-corrected chi connectivity index (χ2v) is 6.11. The zero-order valence-corrected chi connectivity index (χ0v) is 13.5. The van der Waals surface area contributed by atoms with Crippen LogP contribution < -0.4 is 5.32 Å². The molecule has 2 rings (SSSR count). The Kier molecular flexibility index (Phi) is 5.62. The van der Waals surface area contributed by atoms with E-state index in [9.17, 15) is 0 Å². The van der Waals surface area contributed by atoms with Gasteiger partial charge < -0.3 is 5.32 Å². The number of piperazine rings is 1. The van der Waals surface area contributed by atoms with Crippen LogP contribution in [0.5, 0.6) is 0 Å². The molecule has 0 amide bonds. The number of nitrogens with one attached hydrogen (secondary N) is 1. The number of hydrogen-bond acceptors (Lipinski definition) is 2. The van der Waals surface area contributed by atoms with E-state index in [2.05, 4.69) is 62.2 Å². The SMILES string of the molecule is CCC1CN(C(CC)c2ccc(C)cc2)C(CC)CN1. The third-order valence-corrected chi connectivity index (χ3v) is 4.76. The van der Waals surface area contributed by atoms with Crippen LogP contribution in [0.3, 0.4) is 0 Å². The molecule has 0 spiro atoms. The molecule has 0 aliphatic carbocycles. The Labute approximate surface area is 124 Å². The van der Waals surface area contributed by atoms with Crippen LogP contribution in [-0.2, 0) is 0 Å². The topological polar surface area (TPSA) is 15.3 Å². The van der Waals surface area contributed by atoms with E-state index in [1.54, 1.807) is 0 Å². The van der Waals surface area contributed by atoms with Gasteiger partial charge in [0.15, 0.2) is 0 Å². The first-order valence-corrected chi connectivity index (χ1v) is 8.25. The van der Waals surface area contributed by atoms with Crippen molar-refractivity contribution in [2.24, 2.45) is 0 Å². The first kappa shape index (κ1) is 15.5. The maximum atomic E-state index is 3.70. The number of nitrogens with zero attached hydrogens (tertiary/aromatic N) is 1. The molecule has 0 aromatic heterocycles.